The number of carbonyl (C=O) groups excluding carboxylic acids is 2. The SMILES string of the molecule is COc1ccc(NC(=O)Nc2nc(CNS(C)(=O)=O)c(Br)s2)c(C(=O)C2CCCC2)c1. The summed E-state index contributed by atoms with van der Waals surface area (Å²) in [7, 11) is -1.84. The number of anilines is 2. The van der Waals surface area contributed by atoms with E-state index in [4.69, 9.17) is 4.74 Å². The third-order valence-corrected chi connectivity index (χ3v) is 7.25. The highest BCUT2D eigenvalue weighted by molar-refractivity contribution is 9.11. The molecule has 0 aliphatic heterocycles. The Hall–Kier alpha value is -2.02. The molecule has 1 saturated carbocycles. The molecule has 0 saturated heterocycles. The van der Waals surface area contributed by atoms with Crippen LogP contribution >= 0.6 is 27.3 Å². The number of amides is 2. The van der Waals surface area contributed by atoms with Gasteiger partial charge in [0.25, 0.3) is 0 Å². The number of ether oxygens (including phenoxy) is 1. The van der Waals surface area contributed by atoms with Gasteiger partial charge < -0.3 is 10.1 Å². The highest BCUT2D eigenvalue weighted by Gasteiger charge is 2.26. The fourth-order valence-corrected chi connectivity index (χ4v) is 5.11. The van der Waals surface area contributed by atoms with Gasteiger partial charge in [0.15, 0.2) is 10.9 Å². The molecule has 0 spiro atoms. The molecule has 3 N–H and O–H groups in total. The van der Waals surface area contributed by atoms with Gasteiger partial charge in [-0.2, -0.15) is 0 Å². The third-order valence-electron chi connectivity index (χ3n) is 4.84. The lowest BCUT2D eigenvalue weighted by Gasteiger charge is -2.15. The summed E-state index contributed by atoms with van der Waals surface area (Å²) in [6.45, 7) is -0.00225. The second-order valence-electron chi connectivity index (χ2n) is 7.17. The van der Waals surface area contributed by atoms with E-state index in [9.17, 15) is 18.0 Å². The van der Waals surface area contributed by atoms with E-state index in [0.717, 1.165) is 43.3 Å². The van der Waals surface area contributed by atoms with E-state index in [2.05, 4.69) is 36.3 Å². The summed E-state index contributed by atoms with van der Waals surface area (Å²) in [6.07, 6.45) is 4.80. The van der Waals surface area contributed by atoms with Crippen molar-refractivity contribution in [2.75, 3.05) is 24.0 Å². The third kappa shape index (κ3) is 6.48. The standard InChI is InChI=1S/C19H23BrN4O5S2/c1-29-12-7-8-14(13(9-12)16(25)11-5-3-4-6-11)22-18(26)24-19-23-15(17(20)30-19)10-21-31(2,27)28/h7-9,11,21H,3-6,10H2,1-2H3,(H2,22,23,24,26). The second kappa shape index (κ2) is 10.1. The summed E-state index contributed by atoms with van der Waals surface area (Å²) in [6, 6.07) is 4.40. The van der Waals surface area contributed by atoms with Crippen molar-refractivity contribution < 1.29 is 22.7 Å². The Labute approximate surface area is 193 Å². The molecular weight excluding hydrogens is 508 g/mol. The molecule has 0 atom stereocenters. The molecular formula is C19H23BrN4O5S2. The lowest BCUT2D eigenvalue weighted by molar-refractivity contribution is 0.0923. The minimum Gasteiger partial charge on any atom is -0.497 e. The molecule has 2 amide bonds. The Morgan fingerprint density at radius 1 is 1.26 bits per heavy atom. The van der Waals surface area contributed by atoms with Crippen LogP contribution in [0.1, 0.15) is 41.7 Å². The van der Waals surface area contributed by atoms with Gasteiger partial charge in [-0.1, -0.05) is 24.2 Å². The Bertz CT molecular complexity index is 1080. The zero-order valence-corrected chi connectivity index (χ0v) is 20.2. The van der Waals surface area contributed by atoms with E-state index in [0.29, 0.717) is 26.5 Å². The highest BCUT2D eigenvalue weighted by atomic mass is 79.9. The number of benzene rings is 1. The van der Waals surface area contributed by atoms with E-state index in [1.807, 2.05) is 0 Å². The summed E-state index contributed by atoms with van der Waals surface area (Å²) >= 11 is 4.47. The lowest BCUT2D eigenvalue weighted by atomic mass is 9.95. The molecule has 0 unspecified atom stereocenters. The number of ketones is 1. The van der Waals surface area contributed by atoms with Crippen molar-refractivity contribution >= 4 is 59.9 Å². The van der Waals surface area contributed by atoms with Crippen LogP contribution in [-0.4, -0.2) is 38.6 Å². The van der Waals surface area contributed by atoms with Crippen LogP contribution in [0, 0.1) is 5.92 Å². The molecule has 0 radical (unpaired) electrons. The van der Waals surface area contributed by atoms with E-state index in [1.54, 1.807) is 18.2 Å². The van der Waals surface area contributed by atoms with Crippen molar-refractivity contribution in [1.82, 2.24) is 9.71 Å². The minimum absolute atomic E-state index is 0.00201. The first-order chi connectivity index (χ1) is 14.7. The van der Waals surface area contributed by atoms with Gasteiger partial charge in [0.1, 0.15) is 5.75 Å². The fraction of sp³-hybridized carbons (Fsp3) is 0.421. The number of Topliss-reactive ketones (excluding diaryl/α,β-unsaturated/α-hetero) is 1. The van der Waals surface area contributed by atoms with Crippen LogP contribution in [0.2, 0.25) is 0 Å². The molecule has 1 fully saturated rings. The van der Waals surface area contributed by atoms with E-state index >= 15 is 0 Å². The van der Waals surface area contributed by atoms with Crippen LogP contribution in [0.3, 0.4) is 0 Å². The molecule has 1 aliphatic carbocycles. The molecule has 1 aromatic heterocycles. The van der Waals surface area contributed by atoms with Gasteiger partial charge in [0.2, 0.25) is 10.0 Å². The summed E-state index contributed by atoms with van der Waals surface area (Å²) < 4.78 is 30.7. The monoisotopic (exact) mass is 530 g/mol. The number of nitrogens with one attached hydrogen (secondary N) is 3. The molecule has 168 valence electrons. The largest absolute Gasteiger partial charge is 0.497 e. The number of hydrogen-bond acceptors (Lipinski definition) is 7. The molecule has 3 rings (SSSR count). The molecule has 31 heavy (non-hydrogen) atoms. The first-order valence-electron chi connectivity index (χ1n) is 9.56. The molecule has 9 nitrogen and oxygen atoms in total. The predicted octanol–water partition coefficient (Wildman–Crippen LogP) is 3.98. The summed E-state index contributed by atoms with van der Waals surface area (Å²) in [4.78, 5) is 29.8. The zero-order valence-electron chi connectivity index (χ0n) is 17.0. The smallest absolute Gasteiger partial charge is 0.325 e. The second-order valence-corrected chi connectivity index (χ2v) is 11.3. The summed E-state index contributed by atoms with van der Waals surface area (Å²) in [5.41, 5.74) is 1.26. The Kier molecular flexibility index (Phi) is 7.68. The first-order valence-corrected chi connectivity index (χ1v) is 13.1. The van der Waals surface area contributed by atoms with E-state index < -0.39 is 16.1 Å². The normalized spacial score (nSPS) is 14.4. The number of methoxy groups -OCH3 is 1. The van der Waals surface area contributed by atoms with Crippen LogP contribution in [0.15, 0.2) is 22.0 Å². The van der Waals surface area contributed by atoms with E-state index in [-0.39, 0.29) is 23.4 Å². The van der Waals surface area contributed by atoms with Gasteiger partial charge in [-0.05, 0) is 47.0 Å². The summed E-state index contributed by atoms with van der Waals surface area (Å²) in [5, 5.41) is 5.62. The summed E-state index contributed by atoms with van der Waals surface area (Å²) in [5.74, 6) is 0.493. The van der Waals surface area contributed by atoms with Crippen LogP contribution in [0.5, 0.6) is 5.75 Å². The van der Waals surface area contributed by atoms with Crippen molar-refractivity contribution in [3.8, 4) is 5.75 Å². The Morgan fingerprint density at radius 2 is 1.97 bits per heavy atom. The Morgan fingerprint density at radius 3 is 2.61 bits per heavy atom. The predicted molar refractivity (Wildman–Crippen MR) is 123 cm³/mol. The molecule has 2 aromatic rings. The zero-order chi connectivity index (χ0) is 22.6. The molecule has 0 bridgehead atoms. The first kappa shape index (κ1) is 23.6. The van der Waals surface area contributed by atoms with Crippen molar-refractivity contribution in [1.29, 1.82) is 0 Å². The topological polar surface area (TPSA) is 126 Å². The van der Waals surface area contributed by atoms with Crippen LogP contribution < -0.4 is 20.1 Å². The molecule has 1 aliphatic rings. The number of urea groups is 1. The number of halogens is 1. The number of hydrogen-bond donors (Lipinski definition) is 3. The number of aromatic nitrogens is 1. The van der Waals surface area contributed by atoms with Crippen LogP contribution in [-0.2, 0) is 16.6 Å². The number of nitrogens with zero attached hydrogens (tertiary/aromatic N) is 1. The molecule has 1 aromatic carbocycles. The highest BCUT2D eigenvalue weighted by Crippen LogP contribution is 2.33. The van der Waals surface area contributed by atoms with Gasteiger partial charge in [-0.3, -0.25) is 10.1 Å². The maximum Gasteiger partial charge on any atom is 0.325 e. The van der Waals surface area contributed by atoms with E-state index in [1.165, 1.54) is 7.11 Å². The van der Waals surface area contributed by atoms with Gasteiger partial charge in [-0.15, -0.1) is 0 Å². The van der Waals surface area contributed by atoms with Gasteiger partial charge in [0.05, 0.1) is 35.1 Å². The number of rotatable bonds is 8. The van der Waals surface area contributed by atoms with Crippen molar-refractivity contribution in [2.24, 2.45) is 5.92 Å². The minimum atomic E-state index is -3.37. The lowest BCUT2D eigenvalue weighted by Crippen LogP contribution is -2.23. The van der Waals surface area contributed by atoms with Crippen molar-refractivity contribution in [3.63, 3.8) is 0 Å². The van der Waals surface area contributed by atoms with Gasteiger partial charge >= 0.3 is 6.03 Å². The fourth-order valence-electron chi connectivity index (χ4n) is 3.32. The van der Waals surface area contributed by atoms with Crippen molar-refractivity contribution in [2.45, 2.75) is 32.2 Å². The number of thiazole rings is 1. The average molecular weight is 531 g/mol. The van der Waals surface area contributed by atoms with Gasteiger partial charge in [0, 0.05) is 11.5 Å². The van der Waals surface area contributed by atoms with Crippen LogP contribution in [0.25, 0.3) is 0 Å². The Balaban J connectivity index is 1.72. The number of carbonyl (C=O) groups is 2. The number of sulfonamides is 1. The maximum atomic E-state index is 13.0. The quantitative estimate of drug-likeness (QED) is 0.443. The molecule has 1 heterocycles. The molecule has 12 heteroatoms. The van der Waals surface area contributed by atoms with Crippen molar-refractivity contribution in [3.05, 3.63) is 33.2 Å². The maximum absolute atomic E-state index is 13.0. The average Bonchev–Trinajstić information content (AvgIpc) is 3.35. The van der Waals surface area contributed by atoms with Crippen LogP contribution in [0.4, 0.5) is 15.6 Å². The van der Waals surface area contributed by atoms with Gasteiger partial charge in [-0.25, -0.2) is 22.9 Å².